The summed E-state index contributed by atoms with van der Waals surface area (Å²) in [5.74, 6) is -4.13. The van der Waals surface area contributed by atoms with Crippen LogP contribution in [0.4, 0.5) is 26.3 Å². The molecule has 0 saturated heterocycles. The van der Waals surface area contributed by atoms with E-state index in [4.69, 9.17) is 24.5 Å². The molecule has 0 aliphatic heterocycles. The van der Waals surface area contributed by atoms with E-state index in [0.29, 0.717) is 18.6 Å². The zero-order chi connectivity index (χ0) is 38.4. The fourth-order valence-electron chi connectivity index (χ4n) is 4.71. The minimum atomic E-state index is -5.19. The Morgan fingerprint density at radius 3 is 2.08 bits per heavy atom. The lowest BCUT2D eigenvalue weighted by molar-refractivity contribution is -0.391. The number of carboxylic acids is 2. The monoisotopic (exact) mass is 729 g/mol. The van der Waals surface area contributed by atoms with E-state index >= 15 is 0 Å². The minimum absolute atomic E-state index is 0.0446. The van der Waals surface area contributed by atoms with Gasteiger partial charge in [0.15, 0.2) is 18.1 Å². The molecule has 1 amide bonds. The number of ketones is 1. The number of halogens is 6. The number of methoxy groups -OCH3 is 1. The summed E-state index contributed by atoms with van der Waals surface area (Å²) in [6.07, 6.45) is 0.291. The van der Waals surface area contributed by atoms with Crippen LogP contribution in [0, 0.1) is 6.92 Å². The molecule has 3 heterocycles. The first kappa shape index (κ1) is 41.7. The average molecular weight is 730 g/mol. The Hall–Kier alpha value is -5.42. The number of alkyl halides is 6. The fourth-order valence-corrected chi connectivity index (χ4v) is 4.71. The predicted molar refractivity (Wildman–Crippen MR) is 164 cm³/mol. The van der Waals surface area contributed by atoms with E-state index in [-0.39, 0.29) is 18.4 Å². The third kappa shape index (κ3) is 13.8. The Bertz CT molecular complexity index is 1730. The molecule has 0 aliphatic rings. The lowest BCUT2D eigenvalue weighted by Crippen LogP contribution is -2.37. The van der Waals surface area contributed by atoms with Crippen molar-refractivity contribution < 1.29 is 70.4 Å². The van der Waals surface area contributed by atoms with Crippen molar-refractivity contribution in [2.75, 3.05) is 7.11 Å². The molecule has 4 rings (SSSR count). The number of ether oxygens (including phenoxy) is 1. The molecule has 278 valence electrons. The number of imidazole rings is 1. The van der Waals surface area contributed by atoms with Gasteiger partial charge in [0.1, 0.15) is 35.7 Å². The van der Waals surface area contributed by atoms with Crippen molar-refractivity contribution in [1.82, 2.24) is 15.3 Å². The number of nitrogens with one attached hydrogen (secondary N) is 5. The molecular weight excluding hydrogens is 692 g/mol. The van der Waals surface area contributed by atoms with Crippen LogP contribution in [-0.2, 0) is 25.6 Å². The second-order valence-electron chi connectivity index (χ2n) is 11.0. The highest BCUT2D eigenvalue weighted by atomic mass is 19.4. The van der Waals surface area contributed by atoms with E-state index in [2.05, 4.69) is 25.3 Å². The SMILES string of the molecule is CCC(=O)CCCCC[C@H](NC(=O)Cc1c(C)[nH]c2ccc(OC)cc12)c1[nH]c(-c2cc[nH+]cc2)c[nH+]1.O=C([O-])C(F)(F)F.O=C([O-])C(F)(F)F. The van der Waals surface area contributed by atoms with Gasteiger partial charge in [-0.1, -0.05) is 19.8 Å². The molecule has 1 atom stereocenters. The number of benzene rings is 1. The number of Topliss-reactive ketones (excluding diaryl/α,β-unsaturated/α-hetero) is 1. The van der Waals surface area contributed by atoms with E-state index in [0.717, 1.165) is 70.7 Å². The highest BCUT2D eigenvalue weighted by molar-refractivity contribution is 5.91. The van der Waals surface area contributed by atoms with Crippen LogP contribution in [0.3, 0.4) is 0 Å². The van der Waals surface area contributed by atoms with Crippen LogP contribution in [-0.4, -0.2) is 53.1 Å². The van der Waals surface area contributed by atoms with E-state index in [1.165, 1.54) is 0 Å². The van der Waals surface area contributed by atoms with Crippen LogP contribution < -0.4 is 30.2 Å². The number of H-pyrrole nitrogens is 4. The first-order chi connectivity index (χ1) is 23.9. The number of pyridine rings is 1. The molecule has 0 spiro atoms. The lowest BCUT2D eigenvalue weighted by atomic mass is 10.0. The van der Waals surface area contributed by atoms with Gasteiger partial charge in [0.25, 0.3) is 5.82 Å². The number of amides is 1. The fraction of sp³-hybridized carbons (Fsp3) is 0.394. The van der Waals surface area contributed by atoms with Gasteiger partial charge in [0.05, 0.1) is 13.5 Å². The van der Waals surface area contributed by atoms with Crippen molar-refractivity contribution in [1.29, 1.82) is 0 Å². The van der Waals surface area contributed by atoms with E-state index in [1.54, 1.807) is 7.11 Å². The lowest BCUT2D eigenvalue weighted by Gasteiger charge is -2.14. The number of aromatic amines is 4. The Morgan fingerprint density at radius 2 is 1.53 bits per heavy atom. The molecule has 18 heteroatoms. The van der Waals surface area contributed by atoms with Crippen molar-refractivity contribution in [3.63, 3.8) is 0 Å². The number of hydrogen-bond acceptors (Lipinski definition) is 7. The van der Waals surface area contributed by atoms with Crippen LogP contribution in [0.1, 0.15) is 68.6 Å². The van der Waals surface area contributed by atoms with Crippen molar-refractivity contribution in [3.05, 3.63) is 66.0 Å². The number of carbonyl (C=O) groups is 4. The van der Waals surface area contributed by atoms with Gasteiger partial charge in [0.2, 0.25) is 5.91 Å². The topological polar surface area (TPSA) is 196 Å². The second kappa shape index (κ2) is 19.1. The number of unbranched alkanes of at least 4 members (excludes halogenated alkanes) is 2. The number of hydrogen-bond donors (Lipinski definition) is 3. The summed E-state index contributed by atoms with van der Waals surface area (Å²) in [6.45, 7) is 3.90. The molecule has 1 aromatic carbocycles. The molecule has 0 unspecified atom stereocenters. The van der Waals surface area contributed by atoms with Gasteiger partial charge < -0.3 is 34.8 Å². The molecular formula is C33H37F6N5O7. The average Bonchev–Trinajstić information content (AvgIpc) is 3.68. The molecule has 51 heavy (non-hydrogen) atoms. The standard InChI is InChI=1S/C29H35N5O3.2C2HF3O2/c1-4-21(35)8-6-5-7-9-26(29-31-18-27(34-29)20-12-14-30-15-13-20)33-28(36)17-23-19(2)32-25-11-10-22(37-3)16-24(23)25;2*3-2(4,5)1(6)7/h10-16,18,26,32H,4-9,17H2,1-3H3,(H,31,34)(H,33,36);2*(H,6,7)/t26-;;/m0../s1. The molecule has 4 aromatic rings. The number of fused-ring (bicyclic) bond motifs is 1. The first-order valence-corrected chi connectivity index (χ1v) is 15.5. The highest BCUT2D eigenvalue weighted by Crippen LogP contribution is 2.27. The maximum absolute atomic E-state index is 13.3. The van der Waals surface area contributed by atoms with Crippen molar-refractivity contribution in [2.24, 2.45) is 0 Å². The quantitative estimate of drug-likeness (QED) is 0.139. The zero-order valence-electron chi connectivity index (χ0n) is 27.8. The third-order valence-electron chi connectivity index (χ3n) is 7.32. The van der Waals surface area contributed by atoms with Crippen molar-refractivity contribution in [2.45, 2.75) is 77.2 Å². The van der Waals surface area contributed by atoms with Crippen LogP contribution in [0.25, 0.3) is 22.2 Å². The maximum Gasteiger partial charge on any atom is 0.430 e. The molecule has 0 fully saturated rings. The molecule has 12 nitrogen and oxygen atoms in total. The third-order valence-corrected chi connectivity index (χ3v) is 7.32. The summed E-state index contributed by atoms with van der Waals surface area (Å²) in [6, 6.07) is 9.66. The minimum Gasteiger partial charge on any atom is -0.542 e. The smallest absolute Gasteiger partial charge is 0.430 e. The zero-order valence-corrected chi connectivity index (χ0v) is 27.8. The Morgan fingerprint density at radius 1 is 0.922 bits per heavy atom. The van der Waals surface area contributed by atoms with E-state index in [1.807, 2.05) is 62.8 Å². The Balaban J connectivity index is 0.000000543. The second-order valence-corrected chi connectivity index (χ2v) is 11.0. The number of aromatic nitrogens is 4. The van der Waals surface area contributed by atoms with Gasteiger partial charge in [0, 0.05) is 47.1 Å². The summed E-state index contributed by atoms with van der Waals surface area (Å²) in [7, 11) is 1.64. The van der Waals surface area contributed by atoms with Crippen LogP contribution >= 0.6 is 0 Å². The normalized spacial score (nSPS) is 11.8. The largest absolute Gasteiger partial charge is 0.542 e. The summed E-state index contributed by atoms with van der Waals surface area (Å²) >= 11 is 0. The number of carbonyl (C=O) groups excluding carboxylic acids is 4. The van der Waals surface area contributed by atoms with Gasteiger partial charge >= 0.3 is 12.4 Å². The maximum atomic E-state index is 13.3. The van der Waals surface area contributed by atoms with Crippen molar-refractivity contribution >= 4 is 34.5 Å². The van der Waals surface area contributed by atoms with Crippen molar-refractivity contribution in [3.8, 4) is 17.0 Å². The van der Waals surface area contributed by atoms with Gasteiger partial charge in [-0.05, 0) is 43.5 Å². The van der Waals surface area contributed by atoms with E-state index < -0.39 is 24.3 Å². The Kier molecular flexibility index (Phi) is 15.6. The molecule has 0 radical (unpaired) electrons. The number of aryl methyl sites for hydroxylation is 1. The summed E-state index contributed by atoms with van der Waals surface area (Å²) < 4.78 is 68.5. The molecule has 3 aromatic heterocycles. The van der Waals surface area contributed by atoms with Crippen LogP contribution in [0.2, 0.25) is 0 Å². The molecule has 0 saturated carbocycles. The summed E-state index contributed by atoms with van der Waals surface area (Å²) in [4.78, 5) is 55.7. The van der Waals surface area contributed by atoms with Crippen LogP contribution in [0.15, 0.2) is 48.9 Å². The number of rotatable bonds is 13. The summed E-state index contributed by atoms with van der Waals surface area (Å²) in [5, 5.41) is 21.8. The highest BCUT2D eigenvalue weighted by Gasteiger charge is 2.29. The Labute approximate surface area is 287 Å². The number of carboxylic acid groups (broad SMARTS) is 2. The van der Waals surface area contributed by atoms with Crippen LogP contribution in [0.5, 0.6) is 5.75 Å². The van der Waals surface area contributed by atoms with Gasteiger partial charge in [-0.2, -0.15) is 26.3 Å². The summed E-state index contributed by atoms with van der Waals surface area (Å²) in [5.41, 5.74) is 4.94. The van der Waals surface area contributed by atoms with E-state index in [9.17, 15) is 35.9 Å². The number of aliphatic carboxylic acids is 2. The molecule has 5 N–H and O–H groups in total. The first-order valence-electron chi connectivity index (χ1n) is 15.5. The molecule has 0 aliphatic carbocycles. The van der Waals surface area contributed by atoms with Gasteiger partial charge in [-0.3, -0.25) is 9.59 Å². The molecule has 0 bridgehead atoms. The predicted octanol–water partition coefficient (Wildman–Crippen LogP) is 3.04. The van der Waals surface area contributed by atoms with Gasteiger partial charge in [-0.15, -0.1) is 0 Å². The van der Waals surface area contributed by atoms with Gasteiger partial charge in [-0.25, -0.2) is 15.0 Å².